The molecule has 1 fully saturated rings. The highest BCUT2D eigenvalue weighted by atomic mass is 16.1. The van der Waals surface area contributed by atoms with Crippen LogP contribution in [0.4, 0.5) is 0 Å². The lowest BCUT2D eigenvalue weighted by molar-refractivity contribution is 0.100. The number of hydrogen-bond donors (Lipinski definition) is 1. The van der Waals surface area contributed by atoms with Crippen LogP contribution in [0.25, 0.3) is 33.5 Å². The average Bonchev–Trinajstić information content (AvgIpc) is 3.45. The third-order valence-electron chi connectivity index (χ3n) is 6.49. The lowest BCUT2D eigenvalue weighted by Gasteiger charge is -2.18. The Morgan fingerprint density at radius 3 is 2.87 bits per heavy atom. The Morgan fingerprint density at radius 2 is 2.03 bits per heavy atom. The van der Waals surface area contributed by atoms with Gasteiger partial charge in [-0.1, -0.05) is 12.1 Å². The fraction of sp³-hybridized carbons (Fsp3) is 0.250. The summed E-state index contributed by atoms with van der Waals surface area (Å²) >= 11 is 0. The Labute approximate surface area is 173 Å². The van der Waals surface area contributed by atoms with E-state index in [4.69, 9.17) is 15.7 Å². The van der Waals surface area contributed by atoms with Gasteiger partial charge in [-0.05, 0) is 56.5 Å². The quantitative estimate of drug-likeness (QED) is 0.557. The highest BCUT2D eigenvalue weighted by molar-refractivity contribution is 6.06. The molecule has 0 saturated heterocycles. The van der Waals surface area contributed by atoms with Crippen molar-refractivity contribution in [3.05, 3.63) is 65.7 Å². The number of carbonyl (C=O) groups is 1. The van der Waals surface area contributed by atoms with E-state index in [1.165, 1.54) is 25.1 Å². The number of rotatable bonds is 3. The topological polar surface area (TPSA) is 86.7 Å². The van der Waals surface area contributed by atoms with Crippen molar-refractivity contribution < 1.29 is 4.79 Å². The van der Waals surface area contributed by atoms with E-state index in [1.54, 1.807) is 12.3 Å². The molecule has 1 aromatic carbocycles. The van der Waals surface area contributed by atoms with Crippen LogP contribution >= 0.6 is 0 Å². The van der Waals surface area contributed by atoms with Gasteiger partial charge in [0.25, 0.3) is 0 Å². The zero-order valence-electron chi connectivity index (χ0n) is 16.7. The molecule has 1 amide bonds. The maximum atomic E-state index is 12.0. The minimum Gasteiger partial charge on any atom is -0.366 e. The zero-order chi connectivity index (χ0) is 20.4. The number of pyridine rings is 2. The van der Waals surface area contributed by atoms with Gasteiger partial charge in [0.05, 0.1) is 22.5 Å². The lowest BCUT2D eigenvalue weighted by Crippen LogP contribution is -2.12. The molecule has 1 aliphatic heterocycles. The summed E-state index contributed by atoms with van der Waals surface area (Å²) in [4.78, 5) is 26.3. The second kappa shape index (κ2) is 6.23. The zero-order valence-corrected chi connectivity index (χ0v) is 16.7. The van der Waals surface area contributed by atoms with E-state index in [0.29, 0.717) is 17.5 Å². The Balaban J connectivity index is 1.64. The molecule has 2 bridgehead atoms. The lowest BCUT2D eigenvalue weighted by atomic mass is 10.0. The molecule has 148 valence electrons. The summed E-state index contributed by atoms with van der Waals surface area (Å²) in [6.07, 6.45) is 5.18. The summed E-state index contributed by atoms with van der Waals surface area (Å²) in [7, 11) is 0. The molecule has 6 nitrogen and oxygen atoms in total. The maximum Gasteiger partial charge on any atom is 0.249 e. The number of primary amides is 1. The van der Waals surface area contributed by atoms with Gasteiger partial charge in [0.2, 0.25) is 5.91 Å². The van der Waals surface area contributed by atoms with Crippen molar-refractivity contribution in [1.82, 2.24) is 19.5 Å². The molecular weight excluding hydrogens is 374 g/mol. The van der Waals surface area contributed by atoms with Gasteiger partial charge in [0.15, 0.2) is 0 Å². The molecule has 2 aliphatic rings. The summed E-state index contributed by atoms with van der Waals surface area (Å²) in [6, 6.07) is 14.2. The Hall–Kier alpha value is -3.54. The minimum absolute atomic E-state index is 0.447. The predicted molar refractivity (Wildman–Crippen MR) is 115 cm³/mol. The minimum atomic E-state index is -0.447. The van der Waals surface area contributed by atoms with Gasteiger partial charge in [-0.3, -0.25) is 14.8 Å². The van der Waals surface area contributed by atoms with Gasteiger partial charge in [-0.25, -0.2) is 4.98 Å². The molecule has 4 aromatic rings. The Bertz CT molecular complexity index is 1340. The van der Waals surface area contributed by atoms with E-state index >= 15 is 0 Å². The molecular formula is C24H21N5O. The smallest absolute Gasteiger partial charge is 0.249 e. The van der Waals surface area contributed by atoms with Gasteiger partial charge in [0, 0.05) is 34.8 Å². The highest BCUT2D eigenvalue weighted by Gasteiger charge is 2.41. The number of carbonyl (C=O) groups excluding carboxylic acids is 1. The number of imidazole rings is 1. The van der Waals surface area contributed by atoms with Crippen molar-refractivity contribution in [3.8, 4) is 22.6 Å². The van der Waals surface area contributed by atoms with Gasteiger partial charge in [-0.2, -0.15) is 0 Å². The standard InChI is InChI=1S/C24H21N5O/c1-13-3-2-4-20(27-13)21-22(29-16-7-5-15(11-16)24(29)28-21)14-6-8-19-18(12-14)17(23(25)30)9-10-26-19/h2-4,6,8-10,12,15-16H,5,7,11H2,1H3,(H2,25,30)/t15-,16+/m0/s1. The predicted octanol–water partition coefficient (Wildman–Crippen LogP) is 4.39. The van der Waals surface area contributed by atoms with Crippen LogP contribution in [0.1, 0.15) is 53.1 Å². The molecule has 0 unspecified atom stereocenters. The molecule has 0 spiro atoms. The van der Waals surface area contributed by atoms with Crippen LogP contribution in [0.15, 0.2) is 48.7 Å². The van der Waals surface area contributed by atoms with Crippen LogP contribution in [0.3, 0.4) is 0 Å². The Kier molecular flexibility index (Phi) is 3.60. The highest BCUT2D eigenvalue weighted by Crippen LogP contribution is 2.52. The van der Waals surface area contributed by atoms with Crippen LogP contribution < -0.4 is 5.73 Å². The second-order valence-electron chi connectivity index (χ2n) is 8.32. The first kappa shape index (κ1) is 17.3. The third-order valence-corrected chi connectivity index (χ3v) is 6.49. The van der Waals surface area contributed by atoms with E-state index in [-0.39, 0.29) is 0 Å². The first-order chi connectivity index (χ1) is 14.6. The molecule has 1 aliphatic carbocycles. The van der Waals surface area contributed by atoms with Crippen LogP contribution in [0.2, 0.25) is 0 Å². The van der Waals surface area contributed by atoms with Gasteiger partial charge < -0.3 is 10.3 Å². The number of benzene rings is 1. The summed E-state index contributed by atoms with van der Waals surface area (Å²) < 4.78 is 2.41. The first-order valence-corrected chi connectivity index (χ1v) is 10.4. The van der Waals surface area contributed by atoms with Gasteiger partial charge >= 0.3 is 0 Å². The van der Waals surface area contributed by atoms with E-state index in [1.807, 2.05) is 37.3 Å². The molecule has 4 heterocycles. The second-order valence-corrected chi connectivity index (χ2v) is 8.32. The normalized spacial score (nSPS) is 19.4. The fourth-order valence-electron chi connectivity index (χ4n) is 5.17. The fourth-order valence-corrected chi connectivity index (χ4v) is 5.17. The van der Waals surface area contributed by atoms with Crippen molar-refractivity contribution in [1.29, 1.82) is 0 Å². The molecule has 6 heteroatoms. The van der Waals surface area contributed by atoms with Crippen LogP contribution in [0.5, 0.6) is 0 Å². The summed E-state index contributed by atoms with van der Waals surface area (Å²) in [5.74, 6) is 1.24. The number of nitrogens with two attached hydrogens (primary N) is 1. The van der Waals surface area contributed by atoms with E-state index in [2.05, 4.69) is 15.6 Å². The van der Waals surface area contributed by atoms with E-state index in [9.17, 15) is 4.79 Å². The molecule has 30 heavy (non-hydrogen) atoms. The van der Waals surface area contributed by atoms with Gasteiger partial charge in [-0.15, -0.1) is 0 Å². The average molecular weight is 395 g/mol. The van der Waals surface area contributed by atoms with Crippen molar-refractivity contribution in [2.75, 3.05) is 0 Å². The number of amides is 1. The Morgan fingerprint density at radius 1 is 1.13 bits per heavy atom. The largest absolute Gasteiger partial charge is 0.366 e. The maximum absolute atomic E-state index is 12.0. The van der Waals surface area contributed by atoms with Gasteiger partial charge in [0.1, 0.15) is 11.5 Å². The molecule has 6 rings (SSSR count). The monoisotopic (exact) mass is 395 g/mol. The molecule has 0 radical (unpaired) electrons. The number of hydrogen-bond acceptors (Lipinski definition) is 4. The van der Waals surface area contributed by atoms with Crippen LogP contribution in [-0.2, 0) is 0 Å². The van der Waals surface area contributed by atoms with Crippen molar-refractivity contribution in [3.63, 3.8) is 0 Å². The van der Waals surface area contributed by atoms with E-state index < -0.39 is 5.91 Å². The summed E-state index contributed by atoms with van der Waals surface area (Å²) in [5.41, 5.74) is 11.7. The van der Waals surface area contributed by atoms with Crippen LogP contribution in [0, 0.1) is 6.92 Å². The first-order valence-electron chi connectivity index (χ1n) is 10.4. The number of aryl methyl sites for hydroxylation is 1. The third kappa shape index (κ3) is 2.43. The van der Waals surface area contributed by atoms with Crippen molar-refractivity contribution in [2.24, 2.45) is 5.73 Å². The summed E-state index contributed by atoms with van der Waals surface area (Å²) in [6.45, 7) is 2.00. The molecule has 2 N–H and O–H groups in total. The van der Waals surface area contributed by atoms with Crippen LogP contribution in [-0.4, -0.2) is 25.4 Å². The summed E-state index contributed by atoms with van der Waals surface area (Å²) in [5, 5.41) is 0.768. The van der Waals surface area contributed by atoms with Crippen molar-refractivity contribution >= 4 is 16.8 Å². The van der Waals surface area contributed by atoms with Crippen molar-refractivity contribution in [2.45, 2.75) is 38.1 Å². The number of aromatic nitrogens is 4. The SMILES string of the molecule is Cc1cccc(-c2nc3n(c2-c2ccc4nccc(C(N)=O)c4c2)[C@@H]2CC[C@H]3C2)n1. The molecule has 3 aromatic heterocycles. The number of nitrogens with zero attached hydrogens (tertiary/aromatic N) is 4. The number of fused-ring (bicyclic) bond motifs is 6. The van der Waals surface area contributed by atoms with E-state index in [0.717, 1.165) is 39.2 Å². The molecule has 2 atom stereocenters. The molecule has 1 saturated carbocycles.